The molecule has 12 heteroatoms. The van der Waals surface area contributed by atoms with E-state index in [9.17, 15) is 19.6 Å². The number of piperazine rings is 1. The van der Waals surface area contributed by atoms with Gasteiger partial charge in [-0.3, -0.25) is 9.69 Å². The lowest BCUT2D eigenvalue weighted by Crippen LogP contribution is -2.55. The highest BCUT2D eigenvalue weighted by molar-refractivity contribution is 6.37. The summed E-state index contributed by atoms with van der Waals surface area (Å²) in [5, 5.41) is 24.3. The van der Waals surface area contributed by atoms with E-state index in [2.05, 4.69) is 17.5 Å². The second-order valence-electron chi connectivity index (χ2n) is 13.8. The van der Waals surface area contributed by atoms with Crippen LogP contribution in [0.1, 0.15) is 38.5 Å². The van der Waals surface area contributed by atoms with Crippen LogP contribution in [0.25, 0.3) is 32.8 Å². The van der Waals surface area contributed by atoms with E-state index in [0.29, 0.717) is 71.2 Å². The quantitative estimate of drug-likeness (QED) is 0.198. The van der Waals surface area contributed by atoms with Gasteiger partial charge in [-0.2, -0.15) is 15.2 Å². The summed E-state index contributed by atoms with van der Waals surface area (Å²) in [5.41, 5.74) is 1.22. The summed E-state index contributed by atoms with van der Waals surface area (Å²) < 4.78 is 27.8. The number of benzene rings is 3. The van der Waals surface area contributed by atoms with Gasteiger partial charge in [0, 0.05) is 43.0 Å². The van der Waals surface area contributed by atoms with Crippen LogP contribution in [0.4, 0.5) is 10.2 Å². The van der Waals surface area contributed by atoms with E-state index >= 15 is 0 Å². The van der Waals surface area contributed by atoms with Gasteiger partial charge in [0.25, 0.3) is 0 Å². The maximum atomic E-state index is 14.7. The van der Waals surface area contributed by atoms with Crippen LogP contribution in [-0.4, -0.2) is 94.0 Å². The van der Waals surface area contributed by atoms with Crippen LogP contribution in [0.2, 0.25) is 5.02 Å². The van der Waals surface area contributed by atoms with Crippen molar-refractivity contribution in [1.82, 2.24) is 19.8 Å². The summed E-state index contributed by atoms with van der Waals surface area (Å²) in [6.45, 7) is 6.19. The first-order valence-corrected chi connectivity index (χ1v) is 17.6. The zero-order valence-electron chi connectivity index (χ0n) is 27.7. The molecule has 3 aromatic carbocycles. The van der Waals surface area contributed by atoms with Crippen LogP contribution >= 0.6 is 11.6 Å². The molecule has 0 unspecified atom stereocenters. The van der Waals surface area contributed by atoms with Crippen molar-refractivity contribution < 1.29 is 23.8 Å². The Bertz CT molecular complexity index is 2050. The van der Waals surface area contributed by atoms with Crippen molar-refractivity contribution in [3.63, 3.8) is 0 Å². The molecule has 8 rings (SSSR count). The molecule has 1 N–H and O–H groups in total. The molecule has 4 fully saturated rings. The summed E-state index contributed by atoms with van der Waals surface area (Å²) >= 11 is 6.78. The first-order chi connectivity index (χ1) is 24.3. The Hall–Kier alpha value is -4.66. The van der Waals surface area contributed by atoms with Gasteiger partial charge in [0.15, 0.2) is 5.75 Å². The monoisotopic (exact) mass is 696 g/mol. The number of nitrogens with zero attached hydrogens (tertiary/aromatic N) is 6. The fourth-order valence-corrected chi connectivity index (χ4v) is 8.39. The third kappa shape index (κ3) is 5.74. The van der Waals surface area contributed by atoms with Gasteiger partial charge in [-0.25, -0.2) is 4.39 Å². The SMILES string of the molecule is C=CC(=O)N1CCN(c2nc(OC[C@@]34CCCN3C[C@H](F)C4)nc3c(OC4CC4)c(-c4cccc5cccc(Cl)c45)c(O)cc23)C[C@@H]1CC#N. The Morgan fingerprint density at radius 2 is 2.00 bits per heavy atom. The van der Waals surface area contributed by atoms with Crippen molar-refractivity contribution in [2.45, 2.75) is 62.4 Å². The molecule has 4 aromatic rings. The van der Waals surface area contributed by atoms with Crippen LogP contribution in [0.5, 0.6) is 17.5 Å². The van der Waals surface area contributed by atoms with Crippen LogP contribution in [-0.2, 0) is 4.79 Å². The van der Waals surface area contributed by atoms with E-state index in [4.69, 9.17) is 31.0 Å². The molecule has 10 nitrogen and oxygen atoms in total. The number of hydrogen-bond acceptors (Lipinski definition) is 9. The van der Waals surface area contributed by atoms with Gasteiger partial charge < -0.3 is 24.4 Å². The number of fused-ring (bicyclic) bond motifs is 3. The highest BCUT2D eigenvalue weighted by Gasteiger charge is 2.49. The lowest BCUT2D eigenvalue weighted by molar-refractivity contribution is -0.128. The molecule has 4 aliphatic rings. The maximum Gasteiger partial charge on any atom is 0.319 e. The fraction of sp³-hybridized carbons (Fsp3) is 0.421. The number of phenolic OH excluding ortho intramolecular Hbond substituents is 1. The zero-order valence-corrected chi connectivity index (χ0v) is 28.4. The number of hydrogen-bond donors (Lipinski definition) is 1. The molecule has 3 atom stereocenters. The van der Waals surface area contributed by atoms with Crippen LogP contribution < -0.4 is 14.4 Å². The number of aromatic nitrogens is 2. The van der Waals surface area contributed by atoms with E-state index in [1.165, 1.54) is 6.08 Å². The molecule has 50 heavy (non-hydrogen) atoms. The van der Waals surface area contributed by atoms with Gasteiger partial charge >= 0.3 is 6.01 Å². The van der Waals surface area contributed by atoms with Gasteiger partial charge in [-0.15, -0.1) is 0 Å². The van der Waals surface area contributed by atoms with Gasteiger partial charge in [0.05, 0.1) is 41.1 Å². The molecule has 1 aromatic heterocycles. The fourth-order valence-electron chi connectivity index (χ4n) is 8.11. The molecule has 1 amide bonds. The molecule has 1 aliphatic carbocycles. The predicted octanol–water partition coefficient (Wildman–Crippen LogP) is 6.42. The van der Waals surface area contributed by atoms with Crippen LogP contribution in [0.15, 0.2) is 55.1 Å². The number of nitriles is 1. The number of alkyl halides is 1. The van der Waals surface area contributed by atoms with Gasteiger partial charge in [-0.05, 0) is 61.4 Å². The number of carbonyl (C=O) groups is 1. The predicted molar refractivity (Wildman–Crippen MR) is 189 cm³/mol. The number of phenols is 1. The minimum atomic E-state index is -0.907. The normalized spacial score (nSPS) is 23.6. The van der Waals surface area contributed by atoms with Crippen molar-refractivity contribution in [3.8, 4) is 34.7 Å². The Balaban J connectivity index is 1.30. The molecular formula is C38H38ClFN6O4. The topological polar surface area (TPSA) is 115 Å². The number of anilines is 1. The number of carbonyl (C=O) groups excluding carboxylic acids is 1. The highest BCUT2D eigenvalue weighted by atomic mass is 35.5. The molecule has 3 saturated heterocycles. The number of halogens is 2. The Kier molecular flexibility index (Phi) is 8.40. The van der Waals surface area contributed by atoms with Gasteiger partial charge in [0.1, 0.15) is 29.9 Å². The third-order valence-corrected chi connectivity index (χ3v) is 10.9. The van der Waals surface area contributed by atoms with Gasteiger partial charge in [0.2, 0.25) is 5.91 Å². The van der Waals surface area contributed by atoms with Crippen molar-refractivity contribution in [3.05, 3.63) is 60.1 Å². The molecule has 4 heterocycles. The lowest BCUT2D eigenvalue weighted by Gasteiger charge is -2.41. The maximum absolute atomic E-state index is 14.7. The second-order valence-corrected chi connectivity index (χ2v) is 14.3. The Morgan fingerprint density at radius 3 is 2.78 bits per heavy atom. The first-order valence-electron chi connectivity index (χ1n) is 17.3. The van der Waals surface area contributed by atoms with E-state index in [0.717, 1.165) is 43.0 Å². The molecule has 0 spiro atoms. The van der Waals surface area contributed by atoms with E-state index in [-0.39, 0.29) is 36.8 Å². The number of ether oxygens (including phenoxy) is 2. The van der Waals surface area contributed by atoms with E-state index < -0.39 is 17.8 Å². The number of rotatable bonds is 9. The summed E-state index contributed by atoms with van der Waals surface area (Å²) in [7, 11) is 0. The highest BCUT2D eigenvalue weighted by Crippen LogP contribution is 2.50. The summed E-state index contributed by atoms with van der Waals surface area (Å²) in [5.74, 6) is 0.643. The molecule has 0 radical (unpaired) electrons. The van der Waals surface area contributed by atoms with E-state index in [1.54, 1.807) is 11.0 Å². The van der Waals surface area contributed by atoms with Crippen molar-refractivity contribution >= 4 is 45.0 Å². The lowest BCUT2D eigenvalue weighted by atomic mass is 9.95. The third-order valence-electron chi connectivity index (χ3n) is 10.6. The smallest absolute Gasteiger partial charge is 0.319 e. The first kappa shape index (κ1) is 32.5. The molecular weight excluding hydrogens is 659 g/mol. The Labute approximate surface area is 294 Å². The summed E-state index contributed by atoms with van der Waals surface area (Å²) in [6.07, 6.45) is 4.38. The molecule has 1 saturated carbocycles. The van der Waals surface area contributed by atoms with Crippen LogP contribution in [0, 0.1) is 11.3 Å². The standard InChI is InChI=1S/C38H38ClFN6O4/c1-2-31(48)46-17-16-44(21-25(46)12-14-41)36-28-18-30(47)33(27-8-3-6-23-7-4-9-29(39)32(23)27)35(50-26-10-11-26)34(28)42-37(43-36)49-22-38-13-5-15-45(38)20-24(40)19-38/h2-4,6-9,18,24-26,47H,1,5,10-13,15-17,19-22H2/t24-,25+,38+/m1/s1. The average Bonchev–Trinajstić information content (AvgIpc) is 3.77. The zero-order chi connectivity index (χ0) is 34.6. The van der Waals surface area contributed by atoms with Crippen molar-refractivity contribution in [2.24, 2.45) is 0 Å². The molecule has 3 aliphatic heterocycles. The van der Waals surface area contributed by atoms with E-state index in [1.807, 2.05) is 41.3 Å². The summed E-state index contributed by atoms with van der Waals surface area (Å²) in [6, 6.07) is 15.1. The molecule has 0 bridgehead atoms. The average molecular weight is 697 g/mol. The Morgan fingerprint density at radius 1 is 1.18 bits per heavy atom. The minimum absolute atomic E-state index is 0.0198. The molecule has 258 valence electrons. The van der Waals surface area contributed by atoms with Crippen LogP contribution in [0.3, 0.4) is 0 Å². The second kappa shape index (κ2) is 12.9. The minimum Gasteiger partial charge on any atom is -0.507 e. The number of amides is 1. The van der Waals surface area contributed by atoms with Crippen molar-refractivity contribution in [2.75, 3.05) is 44.2 Å². The number of aromatic hydroxyl groups is 1. The van der Waals surface area contributed by atoms with Crippen molar-refractivity contribution in [1.29, 1.82) is 5.26 Å². The summed E-state index contributed by atoms with van der Waals surface area (Å²) in [4.78, 5) is 28.5. The van der Waals surface area contributed by atoms with Gasteiger partial charge in [-0.1, -0.05) is 48.5 Å². The largest absolute Gasteiger partial charge is 0.507 e.